The van der Waals surface area contributed by atoms with Gasteiger partial charge in [0.05, 0.1) is 22.3 Å². The molecule has 0 radical (unpaired) electrons. The summed E-state index contributed by atoms with van der Waals surface area (Å²) in [4.78, 5) is 1.91. The van der Waals surface area contributed by atoms with Crippen LogP contribution in [0.5, 0.6) is 0 Å². The van der Waals surface area contributed by atoms with Crippen LogP contribution in [0.3, 0.4) is 0 Å². The molecule has 1 fully saturated rings. The van der Waals surface area contributed by atoms with Gasteiger partial charge in [0.15, 0.2) is 9.84 Å². The first-order chi connectivity index (χ1) is 8.44. The van der Waals surface area contributed by atoms with Gasteiger partial charge in [0, 0.05) is 18.1 Å². The van der Waals surface area contributed by atoms with E-state index in [1.54, 1.807) is 25.1 Å². The van der Waals surface area contributed by atoms with Gasteiger partial charge >= 0.3 is 0 Å². The van der Waals surface area contributed by atoms with Crippen molar-refractivity contribution in [2.24, 2.45) is 0 Å². The standard InChI is InChI=1S/C12H13ClN2O2S/c1-9-8-15(4-5-18(9,16)17)12-6-11(13)3-2-10(12)7-14/h2-3,6,9H,4-5,8H2,1H3. The van der Waals surface area contributed by atoms with E-state index >= 15 is 0 Å². The first-order valence-corrected chi connectivity index (χ1v) is 7.69. The number of halogens is 1. The molecule has 4 nitrogen and oxygen atoms in total. The van der Waals surface area contributed by atoms with Crippen LogP contribution in [0, 0.1) is 11.3 Å². The third kappa shape index (κ3) is 2.45. The van der Waals surface area contributed by atoms with E-state index in [1.807, 2.05) is 4.90 Å². The first-order valence-electron chi connectivity index (χ1n) is 5.60. The monoisotopic (exact) mass is 284 g/mol. The Balaban J connectivity index is 2.34. The molecule has 1 unspecified atom stereocenters. The van der Waals surface area contributed by atoms with E-state index in [2.05, 4.69) is 6.07 Å². The van der Waals surface area contributed by atoms with Gasteiger partial charge in [0.1, 0.15) is 6.07 Å². The van der Waals surface area contributed by atoms with Crippen LogP contribution in [0.25, 0.3) is 0 Å². The Kier molecular flexibility index (Phi) is 3.51. The maximum Gasteiger partial charge on any atom is 0.156 e. The number of benzene rings is 1. The lowest BCUT2D eigenvalue weighted by molar-refractivity contribution is 0.569. The molecule has 1 heterocycles. The van der Waals surface area contributed by atoms with E-state index in [0.717, 1.165) is 0 Å². The highest BCUT2D eigenvalue weighted by Crippen LogP contribution is 2.27. The number of nitrogens with zero attached hydrogens (tertiary/aromatic N) is 2. The van der Waals surface area contributed by atoms with Crippen molar-refractivity contribution in [3.63, 3.8) is 0 Å². The van der Waals surface area contributed by atoms with Gasteiger partial charge in [-0.25, -0.2) is 8.42 Å². The molecule has 1 aliphatic heterocycles. The van der Waals surface area contributed by atoms with Gasteiger partial charge < -0.3 is 4.90 Å². The van der Waals surface area contributed by atoms with E-state index in [-0.39, 0.29) is 5.75 Å². The summed E-state index contributed by atoms with van der Waals surface area (Å²) in [5, 5.41) is 9.20. The Labute approximate surface area is 112 Å². The van der Waals surface area contributed by atoms with Gasteiger partial charge in [-0.3, -0.25) is 0 Å². The molecule has 6 heteroatoms. The van der Waals surface area contributed by atoms with Crippen molar-refractivity contribution >= 4 is 27.1 Å². The summed E-state index contributed by atoms with van der Waals surface area (Å²) in [7, 11) is -2.99. The second-order valence-electron chi connectivity index (χ2n) is 4.40. The number of rotatable bonds is 1. The molecule has 1 atom stereocenters. The molecule has 0 aliphatic carbocycles. The predicted octanol–water partition coefficient (Wildman–Crippen LogP) is 1.83. The maximum atomic E-state index is 11.7. The fraction of sp³-hybridized carbons (Fsp3) is 0.417. The molecule has 18 heavy (non-hydrogen) atoms. The zero-order valence-corrected chi connectivity index (χ0v) is 11.5. The Morgan fingerprint density at radius 2 is 2.22 bits per heavy atom. The smallest absolute Gasteiger partial charge is 0.156 e. The van der Waals surface area contributed by atoms with E-state index in [0.29, 0.717) is 29.4 Å². The minimum atomic E-state index is -2.99. The molecule has 2 rings (SSSR count). The Bertz CT molecular complexity index is 607. The van der Waals surface area contributed by atoms with Gasteiger partial charge in [-0.05, 0) is 25.1 Å². The van der Waals surface area contributed by atoms with E-state index in [4.69, 9.17) is 16.9 Å². The molecule has 1 aromatic carbocycles. The SMILES string of the molecule is CC1CN(c2cc(Cl)ccc2C#N)CCS1(=O)=O. The van der Waals surface area contributed by atoms with Crippen molar-refractivity contribution in [3.8, 4) is 6.07 Å². The van der Waals surface area contributed by atoms with Gasteiger partial charge in [0.2, 0.25) is 0 Å². The summed E-state index contributed by atoms with van der Waals surface area (Å²) >= 11 is 5.93. The van der Waals surface area contributed by atoms with Crippen molar-refractivity contribution < 1.29 is 8.42 Å². The maximum absolute atomic E-state index is 11.7. The topological polar surface area (TPSA) is 61.2 Å². The molecule has 0 bridgehead atoms. The number of hydrogen-bond donors (Lipinski definition) is 0. The highest BCUT2D eigenvalue weighted by Gasteiger charge is 2.30. The van der Waals surface area contributed by atoms with Gasteiger partial charge in [-0.2, -0.15) is 5.26 Å². The molecule has 0 aromatic heterocycles. The van der Waals surface area contributed by atoms with Gasteiger partial charge in [0.25, 0.3) is 0 Å². The number of sulfone groups is 1. The minimum Gasteiger partial charge on any atom is -0.368 e. The van der Waals surface area contributed by atoms with E-state index in [1.165, 1.54) is 0 Å². The second kappa shape index (κ2) is 4.79. The zero-order valence-electron chi connectivity index (χ0n) is 9.93. The van der Waals surface area contributed by atoms with Crippen LogP contribution in [-0.4, -0.2) is 32.5 Å². The van der Waals surface area contributed by atoms with Crippen LogP contribution < -0.4 is 4.90 Å². The molecule has 1 saturated heterocycles. The number of anilines is 1. The molecule has 0 saturated carbocycles. The first kappa shape index (κ1) is 13.2. The van der Waals surface area contributed by atoms with Gasteiger partial charge in [-0.15, -0.1) is 0 Å². The molecule has 96 valence electrons. The van der Waals surface area contributed by atoms with Crippen molar-refractivity contribution in [2.45, 2.75) is 12.2 Å². The average molecular weight is 285 g/mol. The lowest BCUT2D eigenvalue weighted by Crippen LogP contribution is -2.45. The summed E-state index contributed by atoms with van der Waals surface area (Å²) < 4.78 is 23.3. The summed E-state index contributed by atoms with van der Waals surface area (Å²) in [6, 6.07) is 7.14. The van der Waals surface area contributed by atoms with E-state index < -0.39 is 15.1 Å². The molecule has 1 aliphatic rings. The van der Waals surface area contributed by atoms with Crippen molar-refractivity contribution in [2.75, 3.05) is 23.7 Å². The van der Waals surface area contributed by atoms with Gasteiger partial charge in [-0.1, -0.05) is 11.6 Å². The Morgan fingerprint density at radius 1 is 1.50 bits per heavy atom. The van der Waals surface area contributed by atoms with Crippen LogP contribution in [-0.2, 0) is 9.84 Å². The largest absolute Gasteiger partial charge is 0.368 e. The van der Waals surface area contributed by atoms with Crippen LogP contribution in [0.4, 0.5) is 5.69 Å². The number of hydrogen-bond acceptors (Lipinski definition) is 4. The molecular formula is C12H13ClN2O2S. The molecular weight excluding hydrogens is 272 g/mol. The molecule has 0 amide bonds. The zero-order chi connectivity index (χ0) is 13.3. The lowest BCUT2D eigenvalue weighted by Gasteiger charge is -2.33. The summed E-state index contributed by atoms with van der Waals surface area (Å²) in [5.41, 5.74) is 1.23. The normalized spacial score (nSPS) is 22.5. The fourth-order valence-electron chi connectivity index (χ4n) is 2.03. The fourth-order valence-corrected chi connectivity index (χ4v) is 3.48. The summed E-state index contributed by atoms with van der Waals surface area (Å²) in [5.74, 6) is 0.117. The van der Waals surface area contributed by atoms with Crippen LogP contribution >= 0.6 is 11.6 Å². The van der Waals surface area contributed by atoms with Crippen LogP contribution in [0.2, 0.25) is 5.02 Å². The highest BCUT2D eigenvalue weighted by atomic mass is 35.5. The quantitative estimate of drug-likeness (QED) is 0.789. The third-order valence-corrected chi connectivity index (χ3v) is 5.52. The summed E-state index contributed by atoms with van der Waals surface area (Å²) in [6.07, 6.45) is 0. The molecule has 0 spiro atoms. The van der Waals surface area contributed by atoms with Crippen LogP contribution in [0.15, 0.2) is 18.2 Å². The highest BCUT2D eigenvalue weighted by molar-refractivity contribution is 7.92. The Hall–Kier alpha value is -1.25. The Morgan fingerprint density at radius 3 is 2.83 bits per heavy atom. The van der Waals surface area contributed by atoms with Crippen molar-refractivity contribution in [1.29, 1.82) is 5.26 Å². The van der Waals surface area contributed by atoms with Crippen LogP contribution in [0.1, 0.15) is 12.5 Å². The minimum absolute atomic E-state index is 0.117. The predicted molar refractivity (Wildman–Crippen MR) is 71.6 cm³/mol. The molecule has 1 aromatic rings. The van der Waals surface area contributed by atoms with Crippen molar-refractivity contribution in [1.82, 2.24) is 0 Å². The third-order valence-electron chi connectivity index (χ3n) is 3.16. The lowest BCUT2D eigenvalue weighted by atomic mass is 10.1. The van der Waals surface area contributed by atoms with E-state index in [9.17, 15) is 8.42 Å². The second-order valence-corrected chi connectivity index (χ2v) is 7.37. The average Bonchev–Trinajstić information content (AvgIpc) is 2.33. The van der Waals surface area contributed by atoms with Crippen molar-refractivity contribution in [3.05, 3.63) is 28.8 Å². The summed E-state index contributed by atoms with van der Waals surface area (Å²) in [6.45, 7) is 2.50. The molecule has 0 N–H and O–H groups in total. The number of nitriles is 1.